The Labute approximate surface area is 188 Å². The van der Waals surface area contributed by atoms with Crippen LogP contribution < -0.4 is 10.6 Å². The van der Waals surface area contributed by atoms with Crippen molar-refractivity contribution < 1.29 is 14.1 Å². The summed E-state index contributed by atoms with van der Waals surface area (Å²) in [5.74, 6) is 0.100. The number of nitrogens with one attached hydrogen (secondary N) is 2. The normalized spacial score (nSPS) is 10.7. The molecule has 0 aliphatic heterocycles. The molecule has 4 rings (SSSR count). The van der Waals surface area contributed by atoms with Crippen molar-refractivity contribution in [1.82, 2.24) is 20.4 Å². The van der Waals surface area contributed by atoms with E-state index in [2.05, 4.69) is 37.9 Å². The van der Waals surface area contributed by atoms with Gasteiger partial charge in [0.2, 0.25) is 5.91 Å². The third-order valence-corrected chi connectivity index (χ3v) is 5.46. The summed E-state index contributed by atoms with van der Waals surface area (Å²) >= 11 is 1.34. The first-order chi connectivity index (χ1) is 15.6. The lowest BCUT2D eigenvalue weighted by molar-refractivity contribution is -0.118. The van der Waals surface area contributed by atoms with Gasteiger partial charge in [0.25, 0.3) is 5.91 Å². The van der Waals surface area contributed by atoms with Crippen molar-refractivity contribution in [3.8, 4) is 22.6 Å². The van der Waals surface area contributed by atoms with Crippen LogP contribution in [0.25, 0.3) is 22.6 Å². The van der Waals surface area contributed by atoms with Crippen LogP contribution in [0.3, 0.4) is 0 Å². The van der Waals surface area contributed by atoms with E-state index in [0.29, 0.717) is 17.4 Å². The van der Waals surface area contributed by atoms with E-state index in [1.807, 2.05) is 17.5 Å². The third-order valence-electron chi connectivity index (χ3n) is 4.70. The van der Waals surface area contributed by atoms with Crippen molar-refractivity contribution in [3.63, 3.8) is 0 Å². The van der Waals surface area contributed by atoms with Gasteiger partial charge in [-0.3, -0.25) is 19.9 Å². The minimum Gasteiger partial charge on any atom is -0.356 e. The van der Waals surface area contributed by atoms with Crippen LogP contribution in [-0.4, -0.2) is 33.5 Å². The molecule has 0 aliphatic carbocycles. The Balaban J connectivity index is 1.35. The van der Waals surface area contributed by atoms with Crippen molar-refractivity contribution in [1.29, 1.82) is 0 Å². The molecule has 0 aliphatic rings. The summed E-state index contributed by atoms with van der Waals surface area (Å²) < 4.78 is 5.27. The van der Waals surface area contributed by atoms with Crippen LogP contribution in [0.4, 0.5) is 5.13 Å². The largest absolute Gasteiger partial charge is 0.356 e. The molecule has 0 fully saturated rings. The standard InChI is InChI=1S/C23H21N5O3S/c1-15(29)25-10-2-3-16-4-6-17(7-5-16)20-14-32-23(26-20)27-22(30)19-13-21(31-28-19)18-8-11-24-12-9-18/h4-9,11-14H,2-3,10H2,1H3,(H,25,29)(H,26,27,30). The molecule has 0 saturated carbocycles. The lowest BCUT2D eigenvalue weighted by Gasteiger charge is -2.04. The first kappa shape index (κ1) is 21.4. The maximum Gasteiger partial charge on any atom is 0.279 e. The summed E-state index contributed by atoms with van der Waals surface area (Å²) in [4.78, 5) is 31.9. The number of pyridine rings is 1. The van der Waals surface area contributed by atoms with Crippen molar-refractivity contribution >= 4 is 28.3 Å². The van der Waals surface area contributed by atoms with Crippen LogP contribution in [0.15, 0.2) is 64.8 Å². The van der Waals surface area contributed by atoms with Gasteiger partial charge < -0.3 is 9.84 Å². The van der Waals surface area contributed by atoms with E-state index in [-0.39, 0.29) is 17.5 Å². The molecule has 2 N–H and O–H groups in total. The molecule has 3 heterocycles. The summed E-state index contributed by atoms with van der Waals surface area (Å²) in [6, 6.07) is 13.3. The Hall–Kier alpha value is -3.85. The smallest absolute Gasteiger partial charge is 0.279 e. The second-order valence-corrected chi connectivity index (χ2v) is 7.95. The number of carbonyl (C=O) groups excluding carboxylic acids is 2. The second kappa shape index (κ2) is 9.97. The number of carbonyl (C=O) groups is 2. The van der Waals surface area contributed by atoms with Crippen LogP contribution in [0.2, 0.25) is 0 Å². The van der Waals surface area contributed by atoms with Gasteiger partial charge in [-0.2, -0.15) is 0 Å². The predicted molar refractivity (Wildman–Crippen MR) is 122 cm³/mol. The number of rotatable bonds is 8. The molecule has 0 radical (unpaired) electrons. The molecule has 32 heavy (non-hydrogen) atoms. The molecule has 9 heteroatoms. The number of hydrogen-bond acceptors (Lipinski definition) is 7. The highest BCUT2D eigenvalue weighted by atomic mass is 32.1. The summed E-state index contributed by atoms with van der Waals surface area (Å²) in [6.07, 6.45) is 5.06. The molecule has 0 saturated heterocycles. The Bertz CT molecular complexity index is 1200. The highest BCUT2D eigenvalue weighted by Gasteiger charge is 2.15. The van der Waals surface area contributed by atoms with E-state index in [9.17, 15) is 9.59 Å². The molecule has 4 aromatic rings. The maximum absolute atomic E-state index is 12.5. The van der Waals surface area contributed by atoms with E-state index >= 15 is 0 Å². The molecule has 0 bridgehead atoms. The average molecular weight is 448 g/mol. The number of amides is 2. The quantitative estimate of drug-likeness (QED) is 0.392. The van der Waals surface area contributed by atoms with Gasteiger partial charge in [-0.25, -0.2) is 4.98 Å². The zero-order chi connectivity index (χ0) is 22.3. The predicted octanol–water partition coefficient (Wildman–Crippen LogP) is 4.18. The van der Waals surface area contributed by atoms with Crippen molar-refractivity contribution in [3.05, 3.63) is 71.5 Å². The van der Waals surface area contributed by atoms with Gasteiger partial charge in [-0.15, -0.1) is 11.3 Å². The van der Waals surface area contributed by atoms with Gasteiger partial charge in [-0.05, 0) is 30.5 Å². The Kier molecular flexibility index (Phi) is 6.66. The molecule has 0 spiro atoms. The fourth-order valence-corrected chi connectivity index (χ4v) is 3.77. The summed E-state index contributed by atoms with van der Waals surface area (Å²) in [6.45, 7) is 2.19. The fraction of sp³-hybridized carbons (Fsp3) is 0.174. The summed E-state index contributed by atoms with van der Waals surface area (Å²) in [5.41, 5.74) is 3.92. The minimum atomic E-state index is -0.385. The Morgan fingerprint density at radius 1 is 1.06 bits per heavy atom. The van der Waals surface area contributed by atoms with Gasteiger partial charge in [0.15, 0.2) is 16.6 Å². The van der Waals surface area contributed by atoms with Crippen molar-refractivity contribution in [2.24, 2.45) is 0 Å². The number of benzene rings is 1. The van der Waals surface area contributed by atoms with E-state index in [4.69, 9.17) is 4.52 Å². The van der Waals surface area contributed by atoms with Crippen LogP contribution in [0, 0.1) is 0 Å². The lowest BCUT2D eigenvalue weighted by Crippen LogP contribution is -2.21. The fourth-order valence-electron chi connectivity index (χ4n) is 3.06. The molecular weight excluding hydrogens is 426 g/mol. The minimum absolute atomic E-state index is 0.00971. The first-order valence-corrected chi connectivity index (χ1v) is 10.9. The Morgan fingerprint density at radius 2 is 1.84 bits per heavy atom. The summed E-state index contributed by atoms with van der Waals surface area (Å²) in [5, 5.41) is 11.8. The SMILES string of the molecule is CC(=O)NCCCc1ccc(-c2csc(NC(=O)c3cc(-c4ccncc4)on3)n2)cc1. The van der Waals surface area contributed by atoms with Gasteiger partial charge in [0, 0.05) is 48.4 Å². The van der Waals surface area contributed by atoms with Gasteiger partial charge in [0.05, 0.1) is 5.69 Å². The van der Waals surface area contributed by atoms with E-state index in [1.54, 1.807) is 30.6 Å². The van der Waals surface area contributed by atoms with E-state index in [0.717, 1.165) is 29.7 Å². The number of thiazole rings is 1. The number of nitrogens with zero attached hydrogens (tertiary/aromatic N) is 3. The topological polar surface area (TPSA) is 110 Å². The Morgan fingerprint density at radius 3 is 2.59 bits per heavy atom. The second-order valence-electron chi connectivity index (χ2n) is 7.09. The molecule has 2 amide bonds. The van der Waals surface area contributed by atoms with Crippen LogP contribution in [0.1, 0.15) is 29.4 Å². The highest BCUT2D eigenvalue weighted by molar-refractivity contribution is 7.14. The zero-order valence-corrected chi connectivity index (χ0v) is 18.2. The molecule has 162 valence electrons. The average Bonchev–Trinajstić information content (AvgIpc) is 3.48. The van der Waals surface area contributed by atoms with Crippen molar-refractivity contribution in [2.45, 2.75) is 19.8 Å². The number of anilines is 1. The van der Waals surface area contributed by atoms with Gasteiger partial charge in [-0.1, -0.05) is 29.4 Å². The van der Waals surface area contributed by atoms with Crippen LogP contribution in [-0.2, 0) is 11.2 Å². The van der Waals surface area contributed by atoms with E-state index < -0.39 is 0 Å². The molecule has 0 atom stereocenters. The molecule has 0 unspecified atom stereocenters. The third kappa shape index (κ3) is 5.44. The molecule has 1 aromatic carbocycles. The first-order valence-electron chi connectivity index (χ1n) is 10.1. The maximum atomic E-state index is 12.5. The molecule has 3 aromatic heterocycles. The molecule has 8 nitrogen and oxygen atoms in total. The monoisotopic (exact) mass is 447 g/mol. The van der Waals surface area contributed by atoms with Crippen LogP contribution in [0.5, 0.6) is 0 Å². The number of aryl methyl sites for hydroxylation is 1. The van der Waals surface area contributed by atoms with Gasteiger partial charge in [0.1, 0.15) is 0 Å². The zero-order valence-electron chi connectivity index (χ0n) is 17.4. The molecular formula is C23H21N5O3S. The van der Waals surface area contributed by atoms with Crippen LogP contribution >= 0.6 is 11.3 Å². The highest BCUT2D eigenvalue weighted by Crippen LogP contribution is 2.26. The van der Waals surface area contributed by atoms with Crippen molar-refractivity contribution in [2.75, 3.05) is 11.9 Å². The number of aromatic nitrogens is 3. The number of hydrogen-bond donors (Lipinski definition) is 2. The van der Waals surface area contributed by atoms with E-state index in [1.165, 1.54) is 23.8 Å². The van der Waals surface area contributed by atoms with Gasteiger partial charge >= 0.3 is 0 Å². The lowest BCUT2D eigenvalue weighted by atomic mass is 10.1. The summed E-state index contributed by atoms with van der Waals surface area (Å²) in [7, 11) is 0.